The summed E-state index contributed by atoms with van der Waals surface area (Å²) in [4.78, 5) is 35.0. The van der Waals surface area contributed by atoms with Crippen molar-refractivity contribution in [1.29, 1.82) is 0 Å². The van der Waals surface area contributed by atoms with Crippen molar-refractivity contribution in [2.45, 2.75) is 25.0 Å². The van der Waals surface area contributed by atoms with Gasteiger partial charge in [-0.25, -0.2) is 0 Å². The van der Waals surface area contributed by atoms with Crippen molar-refractivity contribution in [3.05, 3.63) is 71.7 Å². The first-order valence-electron chi connectivity index (χ1n) is 10.0. The van der Waals surface area contributed by atoms with Crippen molar-refractivity contribution in [3.63, 3.8) is 0 Å². The molecule has 2 fully saturated rings. The van der Waals surface area contributed by atoms with E-state index in [0.717, 1.165) is 23.7 Å². The van der Waals surface area contributed by atoms with Crippen LogP contribution in [-0.4, -0.2) is 50.9 Å². The fraction of sp³-hybridized carbons (Fsp3) is 0.261. The molecule has 3 aromatic rings. The lowest BCUT2D eigenvalue weighted by atomic mass is 9.98. The van der Waals surface area contributed by atoms with Gasteiger partial charge < -0.3 is 19.7 Å². The minimum Gasteiger partial charge on any atom is -0.507 e. The second-order valence-electron chi connectivity index (χ2n) is 7.59. The van der Waals surface area contributed by atoms with Crippen LogP contribution in [0.25, 0.3) is 16.7 Å². The number of ether oxygens (including phenoxy) is 1. The van der Waals surface area contributed by atoms with Gasteiger partial charge in [0.15, 0.2) is 0 Å². The molecule has 2 saturated heterocycles. The molecule has 1 aromatic carbocycles. The van der Waals surface area contributed by atoms with Crippen LogP contribution in [0.2, 0.25) is 0 Å². The van der Waals surface area contributed by atoms with Gasteiger partial charge in [0.25, 0.3) is 11.7 Å². The van der Waals surface area contributed by atoms with Crippen LogP contribution in [0.5, 0.6) is 0 Å². The Bertz CT molecular complexity index is 1150. The van der Waals surface area contributed by atoms with E-state index in [4.69, 9.17) is 4.74 Å². The molecule has 5 rings (SSSR count). The van der Waals surface area contributed by atoms with Crippen LogP contribution in [0.3, 0.4) is 0 Å². The number of H-pyrrole nitrogens is 1. The zero-order valence-electron chi connectivity index (χ0n) is 16.2. The van der Waals surface area contributed by atoms with Crippen LogP contribution in [0, 0.1) is 0 Å². The predicted octanol–water partition coefficient (Wildman–Crippen LogP) is 3.16. The maximum absolute atomic E-state index is 13.1. The summed E-state index contributed by atoms with van der Waals surface area (Å²) in [7, 11) is 0. The van der Waals surface area contributed by atoms with Crippen molar-refractivity contribution < 1.29 is 19.4 Å². The van der Waals surface area contributed by atoms with Crippen LogP contribution in [0.15, 0.2) is 60.4 Å². The number of Topliss-reactive ketones (excluding diaryl/α,β-unsaturated/α-hetero) is 1. The van der Waals surface area contributed by atoms with Gasteiger partial charge in [-0.3, -0.25) is 14.6 Å². The molecule has 2 aromatic heterocycles. The summed E-state index contributed by atoms with van der Waals surface area (Å²) in [6, 6.07) is 12.1. The van der Waals surface area contributed by atoms with E-state index in [-0.39, 0.29) is 24.0 Å². The zero-order chi connectivity index (χ0) is 20.7. The number of aliphatic hydroxyl groups is 1. The van der Waals surface area contributed by atoms with Gasteiger partial charge in [0, 0.05) is 42.0 Å². The highest BCUT2D eigenvalue weighted by atomic mass is 16.5. The Morgan fingerprint density at radius 1 is 1.20 bits per heavy atom. The summed E-state index contributed by atoms with van der Waals surface area (Å²) in [5.74, 6) is -1.54. The van der Waals surface area contributed by atoms with Crippen LogP contribution in [0.1, 0.15) is 30.1 Å². The van der Waals surface area contributed by atoms with E-state index in [0.29, 0.717) is 17.9 Å². The summed E-state index contributed by atoms with van der Waals surface area (Å²) in [6.45, 7) is 0.939. The Kier molecular flexibility index (Phi) is 4.59. The minimum atomic E-state index is -0.760. The number of amides is 1. The number of likely N-dealkylation sites (tertiary alicyclic amines) is 1. The lowest BCUT2D eigenvalue weighted by Crippen LogP contribution is -2.36. The lowest BCUT2D eigenvalue weighted by molar-refractivity contribution is -0.140. The quantitative estimate of drug-likeness (QED) is 0.396. The number of nitrogens with zero attached hydrogens (tertiary/aromatic N) is 2. The highest BCUT2D eigenvalue weighted by Crippen LogP contribution is 2.40. The highest BCUT2D eigenvalue weighted by molar-refractivity contribution is 6.46. The molecule has 2 aliphatic heterocycles. The molecule has 4 heterocycles. The number of aromatic nitrogens is 2. The second kappa shape index (κ2) is 7.42. The molecule has 7 nitrogen and oxygen atoms in total. The summed E-state index contributed by atoms with van der Waals surface area (Å²) in [6.07, 6.45) is 4.91. The number of fused-ring (bicyclic) bond motifs is 1. The van der Waals surface area contributed by atoms with Gasteiger partial charge in [-0.1, -0.05) is 24.3 Å². The number of ketones is 1. The van der Waals surface area contributed by atoms with Crippen LogP contribution >= 0.6 is 0 Å². The number of rotatable bonds is 4. The normalized spacial score (nSPS) is 23.5. The first-order valence-corrected chi connectivity index (χ1v) is 10.0. The number of carbonyl (C=O) groups is 2. The van der Waals surface area contributed by atoms with E-state index in [1.807, 2.05) is 24.3 Å². The van der Waals surface area contributed by atoms with Gasteiger partial charge in [0.05, 0.1) is 17.4 Å². The van der Waals surface area contributed by atoms with Gasteiger partial charge in [-0.2, -0.15) is 0 Å². The molecule has 0 saturated carbocycles. The molecule has 2 atom stereocenters. The molecular formula is C23H21N3O4. The average Bonchev–Trinajstić information content (AvgIpc) is 3.49. The third kappa shape index (κ3) is 2.98. The maximum Gasteiger partial charge on any atom is 0.295 e. The summed E-state index contributed by atoms with van der Waals surface area (Å²) in [5.41, 5.74) is 1.92. The molecule has 2 aliphatic rings. The number of benzene rings is 1. The Morgan fingerprint density at radius 3 is 2.80 bits per heavy atom. The van der Waals surface area contributed by atoms with Gasteiger partial charge in [0.1, 0.15) is 11.8 Å². The number of nitrogens with one attached hydrogen (secondary N) is 1. The van der Waals surface area contributed by atoms with Crippen molar-refractivity contribution in [3.8, 4) is 0 Å². The number of hydrogen-bond donors (Lipinski definition) is 2. The van der Waals surface area contributed by atoms with E-state index < -0.39 is 17.7 Å². The highest BCUT2D eigenvalue weighted by Gasteiger charge is 2.47. The molecular weight excluding hydrogens is 382 g/mol. The van der Waals surface area contributed by atoms with Crippen LogP contribution < -0.4 is 0 Å². The molecule has 2 unspecified atom stereocenters. The largest absolute Gasteiger partial charge is 0.507 e. The van der Waals surface area contributed by atoms with Crippen molar-refractivity contribution in [2.75, 3.05) is 13.2 Å². The van der Waals surface area contributed by atoms with Gasteiger partial charge in [-0.05, 0) is 31.0 Å². The first kappa shape index (κ1) is 18.6. The molecule has 2 N–H and O–H groups in total. The first-order chi connectivity index (χ1) is 14.6. The van der Waals surface area contributed by atoms with Gasteiger partial charge in [0.2, 0.25) is 0 Å². The fourth-order valence-electron chi connectivity index (χ4n) is 4.33. The van der Waals surface area contributed by atoms with Crippen molar-refractivity contribution in [2.24, 2.45) is 0 Å². The SMILES string of the molecule is O=C1C(=O)N(CC2CCCO2)C(c2ccccn2)/C1=C(/O)c1c[nH]c2ccccc12. The van der Waals surface area contributed by atoms with E-state index in [1.165, 1.54) is 4.90 Å². The predicted molar refractivity (Wildman–Crippen MR) is 111 cm³/mol. The topological polar surface area (TPSA) is 95.5 Å². The summed E-state index contributed by atoms with van der Waals surface area (Å²) in [5, 5.41) is 12.0. The van der Waals surface area contributed by atoms with E-state index in [1.54, 1.807) is 30.6 Å². The van der Waals surface area contributed by atoms with Crippen LogP contribution in [-0.2, 0) is 14.3 Å². The molecule has 30 heavy (non-hydrogen) atoms. The van der Waals surface area contributed by atoms with E-state index >= 15 is 0 Å². The Balaban J connectivity index is 1.65. The number of aliphatic hydroxyl groups excluding tert-OH is 1. The fourth-order valence-corrected chi connectivity index (χ4v) is 4.33. The Morgan fingerprint density at radius 2 is 2.03 bits per heavy atom. The molecule has 0 radical (unpaired) electrons. The Hall–Kier alpha value is -3.45. The third-order valence-electron chi connectivity index (χ3n) is 5.78. The van der Waals surface area contributed by atoms with E-state index in [2.05, 4.69) is 9.97 Å². The lowest BCUT2D eigenvalue weighted by Gasteiger charge is -2.26. The number of hydrogen-bond acceptors (Lipinski definition) is 5. The maximum atomic E-state index is 13.1. The molecule has 152 valence electrons. The van der Waals surface area contributed by atoms with Crippen LogP contribution in [0.4, 0.5) is 0 Å². The number of carbonyl (C=O) groups excluding carboxylic acids is 2. The second-order valence-corrected chi connectivity index (χ2v) is 7.59. The summed E-state index contributed by atoms with van der Waals surface area (Å²) >= 11 is 0. The molecule has 1 amide bonds. The smallest absolute Gasteiger partial charge is 0.295 e. The van der Waals surface area contributed by atoms with E-state index in [9.17, 15) is 14.7 Å². The zero-order valence-corrected chi connectivity index (χ0v) is 16.2. The minimum absolute atomic E-state index is 0.0569. The molecule has 7 heteroatoms. The van der Waals surface area contributed by atoms with Crippen molar-refractivity contribution >= 4 is 28.4 Å². The monoisotopic (exact) mass is 403 g/mol. The molecule has 0 spiro atoms. The number of pyridine rings is 1. The molecule has 0 aliphatic carbocycles. The summed E-state index contributed by atoms with van der Waals surface area (Å²) < 4.78 is 5.70. The van der Waals surface area contributed by atoms with Crippen molar-refractivity contribution in [1.82, 2.24) is 14.9 Å². The average molecular weight is 403 g/mol. The van der Waals surface area contributed by atoms with Gasteiger partial charge in [-0.15, -0.1) is 0 Å². The number of para-hydroxylation sites is 1. The molecule has 0 bridgehead atoms. The standard InChI is InChI=1S/C23H21N3O4/c27-21(16-12-25-17-8-2-1-7-15(16)17)19-20(18-9-3-4-10-24-18)26(23(29)22(19)28)13-14-6-5-11-30-14/h1-4,7-10,12,14,20,25,27H,5-6,11,13H2/b21-19-. The van der Waals surface area contributed by atoms with Gasteiger partial charge >= 0.3 is 0 Å². The number of aromatic amines is 1. The third-order valence-corrected chi connectivity index (χ3v) is 5.78. The Labute approximate surface area is 173 Å².